The van der Waals surface area contributed by atoms with Crippen molar-refractivity contribution in [1.29, 1.82) is 0 Å². The number of carbonyl (C=O) groups excluding carboxylic acids is 1. The Hall–Kier alpha value is -0.783. The zero-order valence-corrected chi connectivity index (χ0v) is 14.6. The van der Waals surface area contributed by atoms with E-state index in [1.807, 2.05) is 24.3 Å². The fourth-order valence-corrected chi connectivity index (χ4v) is 2.73. The van der Waals surface area contributed by atoms with Crippen molar-refractivity contribution in [3.8, 4) is 5.75 Å². The molecule has 0 fully saturated rings. The zero-order valence-electron chi connectivity index (χ0n) is 12.8. The fourth-order valence-electron chi connectivity index (χ4n) is 1.41. The molecule has 1 aromatic rings. The molecule has 0 saturated carbocycles. The van der Waals surface area contributed by atoms with Crippen LogP contribution in [0.1, 0.15) is 12.5 Å². The van der Waals surface area contributed by atoms with Crippen molar-refractivity contribution >= 4 is 25.0 Å². The third-order valence-electron chi connectivity index (χ3n) is 2.67. The molecule has 112 valence electrons. The van der Waals surface area contributed by atoms with Gasteiger partial charge in [0.1, 0.15) is 5.75 Å². The highest BCUT2D eigenvalue weighted by atomic mass is 32.2. The highest BCUT2D eigenvalue weighted by Gasteiger charge is 2.11. The van der Waals surface area contributed by atoms with E-state index in [9.17, 15) is 4.79 Å². The second-order valence-electron chi connectivity index (χ2n) is 5.91. The number of thioether (sulfide) groups is 1. The van der Waals surface area contributed by atoms with Crippen molar-refractivity contribution in [1.82, 2.24) is 0 Å². The summed E-state index contributed by atoms with van der Waals surface area (Å²) in [6.07, 6.45) is 0. The maximum Gasteiger partial charge on any atom is 0.189 e. The monoisotopic (exact) mass is 312 g/mol. The lowest BCUT2D eigenvalue weighted by Crippen LogP contribution is -2.22. The van der Waals surface area contributed by atoms with E-state index in [0.29, 0.717) is 12.5 Å². The van der Waals surface area contributed by atoms with Gasteiger partial charge >= 0.3 is 0 Å². The summed E-state index contributed by atoms with van der Waals surface area (Å²) in [7, 11) is -1.02. The molecule has 1 rings (SSSR count). The predicted octanol–water partition coefficient (Wildman–Crippen LogP) is 4.16. The molecular formula is C15H24O3SSi. The van der Waals surface area contributed by atoms with Gasteiger partial charge in [0.2, 0.25) is 0 Å². The molecule has 0 amide bonds. The van der Waals surface area contributed by atoms with E-state index in [0.717, 1.165) is 24.0 Å². The molecule has 0 bridgehead atoms. The van der Waals surface area contributed by atoms with E-state index in [1.54, 1.807) is 6.92 Å². The molecule has 5 heteroatoms. The Morgan fingerprint density at radius 1 is 1.20 bits per heavy atom. The molecule has 0 saturated heterocycles. The molecule has 1 aromatic carbocycles. The molecule has 0 N–H and O–H groups in total. The van der Waals surface area contributed by atoms with Gasteiger partial charge < -0.3 is 9.47 Å². The number of carbonyl (C=O) groups is 1. The molecule has 0 radical (unpaired) electrons. The Bertz CT molecular complexity index is 412. The van der Waals surface area contributed by atoms with Gasteiger partial charge in [0.05, 0.1) is 0 Å². The lowest BCUT2D eigenvalue weighted by atomic mass is 10.2. The van der Waals surface area contributed by atoms with Crippen LogP contribution in [0.15, 0.2) is 24.3 Å². The van der Waals surface area contributed by atoms with Crippen LogP contribution in [0.4, 0.5) is 0 Å². The second kappa shape index (κ2) is 8.49. The second-order valence-corrected chi connectivity index (χ2v) is 12.7. The summed E-state index contributed by atoms with van der Waals surface area (Å²) in [5, 5.41) is 0.140. The Balaban J connectivity index is 2.23. The van der Waals surface area contributed by atoms with E-state index in [4.69, 9.17) is 9.47 Å². The number of ether oxygens (including phenoxy) is 2. The van der Waals surface area contributed by atoms with Gasteiger partial charge in [0, 0.05) is 27.4 Å². The highest BCUT2D eigenvalue weighted by Crippen LogP contribution is 2.17. The van der Waals surface area contributed by atoms with Crippen molar-refractivity contribution in [2.24, 2.45) is 0 Å². The Kier molecular flexibility index (Phi) is 7.33. The van der Waals surface area contributed by atoms with Gasteiger partial charge in [-0.05, 0) is 23.7 Å². The molecule has 0 aromatic heterocycles. The van der Waals surface area contributed by atoms with Gasteiger partial charge in [0.25, 0.3) is 0 Å². The third kappa shape index (κ3) is 8.40. The van der Waals surface area contributed by atoms with Crippen LogP contribution in [0, 0.1) is 0 Å². The molecule has 0 aliphatic rings. The largest absolute Gasteiger partial charge is 0.468 e. The molecule has 3 nitrogen and oxygen atoms in total. The van der Waals surface area contributed by atoms with E-state index >= 15 is 0 Å². The van der Waals surface area contributed by atoms with E-state index in [-0.39, 0.29) is 5.12 Å². The molecule has 20 heavy (non-hydrogen) atoms. The summed E-state index contributed by atoms with van der Waals surface area (Å²) in [6, 6.07) is 8.94. The SMILES string of the molecule is CC(=O)SCc1ccc(OCOCC[Si](C)(C)C)cc1. The first-order valence-corrected chi connectivity index (χ1v) is 11.5. The summed E-state index contributed by atoms with van der Waals surface area (Å²) >= 11 is 1.32. The minimum atomic E-state index is -1.02. The van der Waals surface area contributed by atoms with Gasteiger partial charge in [-0.3, -0.25) is 4.79 Å². The summed E-state index contributed by atoms with van der Waals surface area (Å²) < 4.78 is 11.0. The smallest absolute Gasteiger partial charge is 0.189 e. The van der Waals surface area contributed by atoms with Crippen LogP contribution in [0.5, 0.6) is 5.75 Å². The van der Waals surface area contributed by atoms with Crippen LogP contribution < -0.4 is 4.74 Å². The van der Waals surface area contributed by atoms with Crippen molar-refractivity contribution in [3.05, 3.63) is 29.8 Å². The summed E-state index contributed by atoms with van der Waals surface area (Å²) in [4.78, 5) is 10.9. The maximum atomic E-state index is 10.9. The Morgan fingerprint density at radius 2 is 1.85 bits per heavy atom. The number of rotatable bonds is 8. The minimum Gasteiger partial charge on any atom is -0.468 e. The third-order valence-corrected chi connectivity index (χ3v) is 5.26. The average molecular weight is 313 g/mol. The van der Waals surface area contributed by atoms with Crippen LogP contribution in [0.3, 0.4) is 0 Å². The van der Waals surface area contributed by atoms with Gasteiger partial charge in [-0.25, -0.2) is 0 Å². The van der Waals surface area contributed by atoms with Crippen molar-refractivity contribution < 1.29 is 14.3 Å². The Labute approximate surface area is 127 Å². The van der Waals surface area contributed by atoms with Crippen LogP contribution in [0.25, 0.3) is 0 Å². The highest BCUT2D eigenvalue weighted by molar-refractivity contribution is 8.12. The maximum absolute atomic E-state index is 10.9. The van der Waals surface area contributed by atoms with Gasteiger partial charge in [0.15, 0.2) is 11.9 Å². The fraction of sp³-hybridized carbons (Fsp3) is 0.533. The first kappa shape index (κ1) is 17.3. The number of benzene rings is 1. The van der Waals surface area contributed by atoms with Crippen LogP contribution in [-0.2, 0) is 15.3 Å². The summed E-state index contributed by atoms with van der Waals surface area (Å²) in [6.45, 7) is 9.63. The molecule has 0 unspecified atom stereocenters. The van der Waals surface area contributed by atoms with Crippen molar-refractivity contribution in [2.75, 3.05) is 13.4 Å². The lowest BCUT2D eigenvalue weighted by molar-refractivity contribution is -0.109. The minimum absolute atomic E-state index is 0.140. The van der Waals surface area contributed by atoms with Gasteiger partial charge in [-0.2, -0.15) is 0 Å². The zero-order chi connectivity index (χ0) is 15.0. The van der Waals surface area contributed by atoms with Crippen molar-refractivity contribution in [3.63, 3.8) is 0 Å². The molecule has 0 spiro atoms. The average Bonchev–Trinajstić information content (AvgIpc) is 2.36. The predicted molar refractivity (Wildman–Crippen MR) is 88.0 cm³/mol. The first-order valence-electron chi connectivity index (χ1n) is 6.80. The molecule has 0 aliphatic carbocycles. The summed E-state index contributed by atoms with van der Waals surface area (Å²) in [5.74, 6) is 1.51. The van der Waals surface area contributed by atoms with Gasteiger partial charge in [-0.1, -0.05) is 43.5 Å². The van der Waals surface area contributed by atoms with Crippen molar-refractivity contribution in [2.45, 2.75) is 38.4 Å². The first-order chi connectivity index (χ1) is 9.37. The molecule has 0 aliphatic heterocycles. The molecular weight excluding hydrogens is 288 g/mol. The molecule has 0 atom stereocenters. The van der Waals surface area contributed by atoms with Crippen LogP contribution in [-0.4, -0.2) is 26.6 Å². The molecule has 0 heterocycles. The van der Waals surface area contributed by atoms with E-state index < -0.39 is 8.07 Å². The Morgan fingerprint density at radius 3 is 2.40 bits per heavy atom. The van der Waals surface area contributed by atoms with Crippen LogP contribution >= 0.6 is 11.8 Å². The van der Waals surface area contributed by atoms with Gasteiger partial charge in [-0.15, -0.1) is 0 Å². The number of hydrogen-bond donors (Lipinski definition) is 0. The topological polar surface area (TPSA) is 35.5 Å². The standard InChI is InChI=1S/C15H24O3SSi/c1-13(16)19-11-14-5-7-15(8-6-14)18-12-17-9-10-20(2,3)4/h5-8H,9-12H2,1-4H3. The van der Waals surface area contributed by atoms with E-state index in [2.05, 4.69) is 19.6 Å². The normalized spacial score (nSPS) is 11.4. The summed E-state index contributed by atoms with van der Waals surface area (Å²) in [5.41, 5.74) is 1.12. The van der Waals surface area contributed by atoms with Crippen LogP contribution in [0.2, 0.25) is 25.7 Å². The lowest BCUT2D eigenvalue weighted by Gasteiger charge is -2.15. The number of hydrogen-bond acceptors (Lipinski definition) is 4. The quantitative estimate of drug-likeness (QED) is 0.410. The van der Waals surface area contributed by atoms with E-state index in [1.165, 1.54) is 11.8 Å².